The van der Waals surface area contributed by atoms with Gasteiger partial charge in [0.25, 0.3) is 0 Å². The third-order valence-electron chi connectivity index (χ3n) is 2.51. The van der Waals surface area contributed by atoms with Crippen molar-refractivity contribution in [2.24, 2.45) is 0 Å². The van der Waals surface area contributed by atoms with Gasteiger partial charge in [0.1, 0.15) is 11.2 Å². The maximum atomic E-state index is 10.1. The number of hydrogen-bond acceptors (Lipinski definition) is 20. The van der Waals surface area contributed by atoms with Crippen LogP contribution >= 0.6 is 0 Å². The van der Waals surface area contributed by atoms with Gasteiger partial charge in [-0.1, -0.05) is 0 Å². The number of rotatable bonds is 10. The van der Waals surface area contributed by atoms with Crippen LogP contribution in [0.3, 0.4) is 0 Å². The standard InChI is InChI=1S/2C6H8O7.2CH2O3.5Mg/c2*7-3(8)1-6(13,5(11)12)2-4(9)10;2*2-1(3)4;;;;;/h2*13H,1-2H2,(H,7,8)(H,9,10)(H,11,12);2*(H2,2,3,4);;;;;/q;;;;5*+2/p-10. The Balaban J connectivity index is -0.0000000469. The Hall–Kier alpha value is -0.889. The van der Waals surface area contributed by atoms with Gasteiger partial charge in [0.15, 0.2) is 0 Å². The van der Waals surface area contributed by atoms with E-state index in [1.165, 1.54) is 0 Å². The van der Waals surface area contributed by atoms with Crippen molar-refractivity contribution in [3.05, 3.63) is 0 Å². The van der Waals surface area contributed by atoms with Crippen LogP contribution in [0, 0.1) is 0 Å². The van der Waals surface area contributed by atoms with E-state index < -0.39 is 85.0 Å². The van der Waals surface area contributed by atoms with Crippen molar-refractivity contribution in [2.75, 3.05) is 0 Å². The molecule has 0 bridgehead atoms. The van der Waals surface area contributed by atoms with Gasteiger partial charge in [-0.05, 0) is 12.3 Å². The summed E-state index contributed by atoms with van der Waals surface area (Å²) in [5, 5.41) is 111. The van der Waals surface area contributed by atoms with Crippen LogP contribution in [0.1, 0.15) is 25.7 Å². The number of aliphatic carboxylic acids is 6. The van der Waals surface area contributed by atoms with Crippen molar-refractivity contribution in [3.63, 3.8) is 0 Å². The molecule has 0 rings (SSSR count). The third-order valence-corrected chi connectivity index (χ3v) is 2.51. The topological polar surface area (TPSA) is 408 Å². The van der Waals surface area contributed by atoms with Crippen LogP contribution in [-0.4, -0.2) is 185 Å². The molecule has 0 aliphatic heterocycles. The molecule has 0 aromatic carbocycles. The molecule has 0 aliphatic rings. The van der Waals surface area contributed by atoms with Crippen molar-refractivity contribution in [2.45, 2.75) is 36.9 Å². The minimum atomic E-state index is -2.97. The molecule has 0 aliphatic carbocycles. The molecule has 20 nitrogen and oxygen atoms in total. The average Bonchev–Trinajstić information content (AvgIpc) is 2.50. The van der Waals surface area contributed by atoms with Crippen LogP contribution in [0.4, 0.5) is 9.59 Å². The fourth-order valence-corrected chi connectivity index (χ4v) is 1.37. The smallest absolute Gasteiger partial charge is 0.652 e. The van der Waals surface area contributed by atoms with Crippen molar-refractivity contribution in [3.8, 4) is 0 Å². The molecule has 0 spiro atoms. The number of hydrogen-bond donors (Lipinski definition) is 2. The molecule has 25 heteroatoms. The third kappa shape index (κ3) is 47.3. The van der Waals surface area contributed by atoms with E-state index in [0.717, 1.165) is 0 Å². The van der Waals surface area contributed by atoms with Crippen LogP contribution in [0.15, 0.2) is 0 Å². The molecule has 0 saturated carbocycles. The molecule has 0 aromatic heterocycles. The summed E-state index contributed by atoms with van der Waals surface area (Å²) in [4.78, 5) is 76.7. The first-order valence-electron chi connectivity index (χ1n) is 7.45. The van der Waals surface area contributed by atoms with Crippen LogP contribution in [0.2, 0.25) is 0 Å². The average molecular weight is 620 g/mol. The normalized spacial score (nSPS) is 8.46. The number of carboxylic acids is 6. The van der Waals surface area contributed by atoms with E-state index in [0.29, 0.717) is 0 Å². The second kappa shape index (κ2) is 31.6. The molecule has 196 valence electrons. The first-order valence-corrected chi connectivity index (χ1v) is 7.45. The fraction of sp³-hybridized carbons (Fsp3) is 0.429. The number of aliphatic hydroxyl groups is 2. The molecule has 0 amide bonds. The number of carboxylic acid groups (broad SMARTS) is 10. The second-order valence-electron chi connectivity index (χ2n) is 5.33. The maximum Gasteiger partial charge on any atom is 2.00 e. The molecule has 0 saturated heterocycles. The van der Waals surface area contributed by atoms with Crippen molar-refractivity contribution >= 4 is 163 Å². The van der Waals surface area contributed by atoms with Crippen LogP contribution in [-0.2, 0) is 28.8 Å². The first kappa shape index (κ1) is 61.9. The zero-order valence-electron chi connectivity index (χ0n) is 19.6. The minimum absolute atomic E-state index is 0. The largest absolute Gasteiger partial charge is 2.00 e. The Morgan fingerprint density at radius 2 is 0.487 bits per heavy atom. The van der Waals surface area contributed by atoms with Crippen LogP contribution in [0.25, 0.3) is 0 Å². The molecule has 2 N–H and O–H groups in total. The molecule has 0 aromatic rings. The van der Waals surface area contributed by atoms with Crippen LogP contribution < -0.4 is 51.1 Å². The van der Waals surface area contributed by atoms with Gasteiger partial charge in [0, 0.05) is 49.6 Å². The van der Waals surface area contributed by atoms with E-state index in [-0.39, 0.29) is 115 Å². The van der Waals surface area contributed by atoms with E-state index >= 15 is 0 Å². The fourth-order valence-electron chi connectivity index (χ4n) is 1.37. The second-order valence-corrected chi connectivity index (χ2v) is 5.33. The summed E-state index contributed by atoms with van der Waals surface area (Å²) in [6.45, 7) is 0. The summed E-state index contributed by atoms with van der Waals surface area (Å²) in [5.74, 6) is -12.0. The predicted molar refractivity (Wildman–Crippen MR) is 98.0 cm³/mol. The van der Waals surface area contributed by atoms with E-state index in [9.17, 15) is 59.4 Å². The van der Waals surface area contributed by atoms with Crippen molar-refractivity contribution in [1.29, 1.82) is 0 Å². The summed E-state index contributed by atoms with van der Waals surface area (Å²) < 4.78 is 0. The zero-order chi connectivity index (χ0) is 28.4. The molecular formula is C14H10Mg5O20. The SMILES string of the molecule is O=C([O-])CC(O)(CC(=O)[O-])C(=O)[O-].O=C([O-])CC(O)(CC(=O)[O-])C(=O)[O-].O=C([O-])[O-].O=C([O-])[O-].[Mg+2].[Mg+2].[Mg+2].[Mg+2].[Mg+2]. The van der Waals surface area contributed by atoms with E-state index in [4.69, 9.17) is 40.2 Å². The predicted octanol–water partition coefficient (Wildman–Crippen LogP) is -17.3. The molecule has 39 heavy (non-hydrogen) atoms. The molecular weight excluding hydrogens is 610 g/mol. The summed E-state index contributed by atoms with van der Waals surface area (Å²) in [6, 6.07) is 0. The summed E-state index contributed by atoms with van der Waals surface area (Å²) in [7, 11) is 0. The molecule has 0 radical (unpaired) electrons. The Labute approximate surface area is 297 Å². The van der Waals surface area contributed by atoms with E-state index in [1.54, 1.807) is 0 Å². The van der Waals surface area contributed by atoms with E-state index in [1.807, 2.05) is 0 Å². The summed E-state index contributed by atoms with van der Waals surface area (Å²) >= 11 is 0. The van der Waals surface area contributed by atoms with E-state index in [2.05, 4.69) is 0 Å². The van der Waals surface area contributed by atoms with Gasteiger partial charge in [0.05, 0.1) is 11.9 Å². The Morgan fingerprint density at radius 3 is 0.538 bits per heavy atom. The first-order chi connectivity index (χ1) is 15.0. The van der Waals surface area contributed by atoms with Crippen molar-refractivity contribution in [1.82, 2.24) is 0 Å². The Kier molecular flexibility index (Phi) is 50.2. The van der Waals surface area contributed by atoms with Crippen molar-refractivity contribution < 1.29 is 99.6 Å². The number of carbonyl (C=O) groups is 8. The Bertz CT molecular complexity index is 683. The van der Waals surface area contributed by atoms with Gasteiger partial charge >= 0.3 is 115 Å². The van der Waals surface area contributed by atoms with Gasteiger partial charge in [-0.15, -0.1) is 0 Å². The van der Waals surface area contributed by atoms with Gasteiger partial charge in [0.2, 0.25) is 0 Å². The summed E-state index contributed by atoms with van der Waals surface area (Å²) in [6.07, 6.45) is -10.1. The quantitative estimate of drug-likeness (QED) is 0.214. The zero-order valence-corrected chi connectivity index (χ0v) is 26.7. The van der Waals surface area contributed by atoms with Gasteiger partial charge in [-0.25, -0.2) is 0 Å². The molecule has 0 fully saturated rings. The summed E-state index contributed by atoms with van der Waals surface area (Å²) in [5.41, 5.74) is -5.95. The van der Waals surface area contributed by atoms with Crippen LogP contribution in [0.5, 0.6) is 0 Å². The van der Waals surface area contributed by atoms with Gasteiger partial charge < -0.3 is 99.6 Å². The van der Waals surface area contributed by atoms with Gasteiger partial charge in [-0.3, -0.25) is 0 Å². The Morgan fingerprint density at radius 1 is 0.385 bits per heavy atom. The monoisotopic (exact) mass is 618 g/mol. The molecule has 0 heterocycles. The molecule has 0 atom stereocenters. The minimum Gasteiger partial charge on any atom is -0.652 e. The number of carbonyl (C=O) groups excluding carboxylic acids is 8. The maximum absolute atomic E-state index is 10.1. The van der Waals surface area contributed by atoms with Gasteiger partial charge in [-0.2, -0.15) is 0 Å². The molecule has 0 unspecified atom stereocenters.